The zero-order valence-electron chi connectivity index (χ0n) is 10.3. The lowest BCUT2D eigenvalue weighted by molar-refractivity contribution is -0.121. The molecule has 2 N–H and O–H groups in total. The maximum absolute atomic E-state index is 10.7. The van der Waals surface area contributed by atoms with Gasteiger partial charge in [-0.05, 0) is 35.7 Å². The Morgan fingerprint density at radius 3 is 2.11 bits per heavy atom. The van der Waals surface area contributed by atoms with Crippen LogP contribution in [0.3, 0.4) is 0 Å². The molecule has 1 atom stereocenters. The minimum absolute atomic E-state index is 0.0765. The molecule has 0 saturated heterocycles. The summed E-state index contributed by atoms with van der Waals surface area (Å²) in [4.78, 5) is 10.7. The molecule has 1 rings (SSSR count). The van der Waals surface area contributed by atoms with Crippen molar-refractivity contribution in [1.29, 1.82) is 0 Å². The second-order valence-corrected chi connectivity index (χ2v) is 3.53. The highest BCUT2D eigenvalue weighted by Gasteiger charge is 2.08. The van der Waals surface area contributed by atoms with E-state index >= 15 is 0 Å². The zero-order chi connectivity index (χ0) is 13.8. The van der Waals surface area contributed by atoms with Crippen LogP contribution in [0.5, 0.6) is 0 Å². The van der Waals surface area contributed by atoms with E-state index in [0.717, 1.165) is 12.0 Å². The number of terminal acetylenes is 2. The number of hydrogen-bond acceptors (Lipinski definition) is 1. The average Bonchev–Trinajstić information content (AvgIpc) is 2.38. The van der Waals surface area contributed by atoms with Gasteiger partial charge in [0, 0.05) is 5.92 Å². The molecule has 0 radical (unpaired) electrons. The van der Waals surface area contributed by atoms with Crippen molar-refractivity contribution in [3.8, 4) is 36.5 Å². The summed E-state index contributed by atoms with van der Waals surface area (Å²) in [6.45, 7) is 1.84. The van der Waals surface area contributed by atoms with Gasteiger partial charge in [0.15, 0.2) is 0 Å². The maximum atomic E-state index is 10.7. The predicted octanol–water partition coefficient (Wildman–Crippen LogP) is 1.61. The molecule has 0 fully saturated rings. The summed E-state index contributed by atoms with van der Waals surface area (Å²) < 4.78 is 0. The summed E-state index contributed by atoms with van der Waals surface area (Å²) in [6, 6.07) is 9.88. The highest BCUT2D eigenvalue weighted by molar-refractivity contribution is 5.76. The Labute approximate surface area is 109 Å². The van der Waals surface area contributed by atoms with Crippen molar-refractivity contribution in [3.63, 3.8) is 0 Å². The molecule has 18 heavy (non-hydrogen) atoms. The first-order chi connectivity index (χ1) is 8.61. The molecule has 1 aromatic rings. The predicted molar refractivity (Wildman–Crippen MR) is 73.9 cm³/mol. The van der Waals surface area contributed by atoms with E-state index in [0.29, 0.717) is 0 Å². The highest BCUT2D eigenvalue weighted by atomic mass is 16.1. The van der Waals surface area contributed by atoms with Crippen molar-refractivity contribution < 1.29 is 4.79 Å². The van der Waals surface area contributed by atoms with Crippen LogP contribution in [0.1, 0.15) is 12.5 Å². The van der Waals surface area contributed by atoms with Gasteiger partial charge < -0.3 is 5.73 Å². The topological polar surface area (TPSA) is 43.1 Å². The molecule has 1 aromatic carbocycles. The van der Waals surface area contributed by atoms with E-state index in [1.807, 2.05) is 37.3 Å². The number of amides is 1. The minimum atomic E-state index is -0.237. The van der Waals surface area contributed by atoms with Gasteiger partial charge in [0.05, 0.1) is 0 Å². The standard InChI is InChI=1S/C10H13NO.C6H2/c1-8(10(11)12)7-9-5-3-2-4-6-9;1-3-5-6-4-2/h2-6,8H,7H2,1H3,(H2,11,12);1-2H/t8-;/m0./s1. The Bertz CT molecular complexity index is 488. The van der Waals surface area contributed by atoms with Crippen molar-refractivity contribution >= 4 is 5.91 Å². The molecule has 2 nitrogen and oxygen atoms in total. The van der Waals surface area contributed by atoms with E-state index in [1.54, 1.807) is 0 Å². The summed E-state index contributed by atoms with van der Waals surface area (Å²) in [6.07, 6.45) is 10.1. The van der Waals surface area contributed by atoms with E-state index in [2.05, 4.69) is 23.7 Å². The van der Waals surface area contributed by atoms with Gasteiger partial charge in [0.1, 0.15) is 0 Å². The third kappa shape index (κ3) is 7.63. The number of primary amides is 1. The lowest BCUT2D eigenvalue weighted by atomic mass is 10.0. The molecule has 0 spiro atoms. The number of nitrogens with two attached hydrogens (primary N) is 1. The van der Waals surface area contributed by atoms with Crippen molar-refractivity contribution in [1.82, 2.24) is 0 Å². The molecular formula is C16H15NO. The van der Waals surface area contributed by atoms with Crippen molar-refractivity contribution in [3.05, 3.63) is 35.9 Å². The quantitative estimate of drug-likeness (QED) is 0.797. The van der Waals surface area contributed by atoms with E-state index < -0.39 is 0 Å². The van der Waals surface area contributed by atoms with Crippen LogP contribution in [0.2, 0.25) is 0 Å². The molecule has 0 aliphatic rings. The SMILES string of the molecule is C#CC#CC#C.C[C@@H](Cc1ccccc1)C(N)=O. The van der Waals surface area contributed by atoms with Crippen molar-refractivity contribution in [2.75, 3.05) is 0 Å². The first-order valence-electron chi connectivity index (χ1n) is 5.36. The number of benzene rings is 1. The van der Waals surface area contributed by atoms with Crippen molar-refractivity contribution in [2.24, 2.45) is 11.7 Å². The molecule has 0 bridgehead atoms. The van der Waals surface area contributed by atoms with Gasteiger partial charge in [-0.15, -0.1) is 12.8 Å². The Morgan fingerprint density at radius 2 is 1.72 bits per heavy atom. The molecule has 0 aromatic heterocycles. The smallest absolute Gasteiger partial charge is 0.220 e. The molecule has 0 unspecified atom stereocenters. The summed E-state index contributed by atoms with van der Waals surface area (Å²) in [5, 5.41) is 0. The van der Waals surface area contributed by atoms with Crippen LogP contribution in [0.25, 0.3) is 0 Å². The molecule has 90 valence electrons. The summed E-state index contributed by atoms with van der Waals surface area (Å²) in [7, 11) is 0. The minimum Gasteiger partial charge on any atom is -0.369 e. The maximum Gasteiger partial charge on any atom is 0.220 e. The van der Waals surface area contributed by atoms with Crippen LogP contribution >= 0.6 is 0 Å². The highest BCUT2D eigenvalue weighted by Crippen LogP contribution is 2.06. The zero-order valence-corrected chi connectivity index (χ0v) is 10.3. The number of carbonyl (C=O) groups excluding carboxylic acids is 1. The van der Waals surface area contributed by atoms with Crippen LogP contribution in [-0.4, -0.2) is 5.91 Å². The van der Waals surface area contributed by atoms with Crippen molar-refractivity contribution in [2.45, 2.75) is 13.3 Å². The Kier molecular flexibility index (Phi) is 8.19. The first-order valence-corrected chi connectivity index (χ1v) is 5.36. The molecule has 2 heteroatoms. The van der Waals surface area contributed by atoms with Gasteiger partial charge >= 0.3 is 0 Å². The summed E-state index contributed by atoms with van der Waals surface area (Å²) >= 11 is 0. The third-order valence-corrected chi connectivity index (χ3v) is 2.08. The van der Waals surface area contributed by atoms with E-state index in [4.69, 9.17) is 18.6 Å². The first kappa shape index (κ1) is 15.4. The third-order valence-electron chi connectivity index (χ3n) is 2.08. The molecule has 0 aliphatic carbocycles. The van der Waals surface area contributed by atoms with Gasteiger partial charge in [0.25, 0.3) is 0 Å². The van der Waals surface area contributed by atoms with E-state index in [-0.39, 0.29) is 11.8 Å². The molecule has 0 heterocycles. The van der Waals surface area contributed by atoms with Crippen LogP contribution in [0, 0.1) is 42.4 Å². The van der Waals surface area contributed by atoms with Crippen LogP contribution in [0.15, 0.2) is 30.3 Å². The fourth-order valence-electron chi connectivity index (χ4n) is 1.14. The molecule has 1 amide bonds. The number of carbonyl (C=O) groups is 1. The molecule has 0 saturated carbocycles. The summed E-state index contributed by atoms with van der Waals surface area (Å²) in [5.74, 6) is 8.30. The van der Waals surface area contributed by atoms with E-state index in [9.17, 15) is 4.79 Å². The lowest BCUT2D eigenvalue weighted by Gasteiger charge is -2.05. The molecular weight excluding hydrogens is 222 g/mol. The fraction of sp³-hybridized carbons (Fsp3) is 0.188. The Morgan fingerprint density at radius 1 is 1.22 bits per heavy atom. The van der Waals surface area contributed by atoms with Gasteiger partial charge in [-0.3, -0.25) is 4.79 Å². The lowest BCUT2D eigenvalue weighted by Crippen LogP contribution is -2.22. The second kappa shape index (κ2) is 9.59. The van der Waals surface area contributed by atoms with Crippen LogP contribution in [-0.2, 0) is 11.2 Å². The number of hydrogen-bond donors (Lipinski definition) is 1. The normalized spacial score (nSPS) is 9.28. The Hall–Kier alpha value is -2.63. The average molecular weight is 237 g/mol. The van der Waals surface area contributed by atoms with E-state index in [1.165, 1.54) is 0 Å². The van der Waals surface area contributed by atoms with Crippen LogP contribution in [0.4, 0.5) is 0 Å². The van der Waals surface area contributed by atoms with Gasteiger partial charge in [0.2, 0.25) is 5.91 Å². The second-order valence-electron chi connectivity index (χ2n) is 3.53. The largest absolute Gasteiger partial charge is 0.369 e. The summed E-state index contributed by atoms with van der Waals surface area (Å²) in [5.41, 5.74) is 6.30. The van der Waals surface area contributed by atoms with Gasteiger partial charge in [-0.2, -0.15) is 0 Å². The van der Waals surface area contributed by atoms with Crippen LogP contribution < -0.4 is 5.73 Å². The Balaban J connectivity index is 0.000000411. The number of rotatable bonds is 3. The monoisotopic (exact) mass is 237 g/mol. The van der Waals surface area contributed by atoms with Gasteiger partial charge in [-0.25, -0.2) is 0 Å². The molecule has 0 aliphatic heterocycles. The fourth-order valence-corrected chi connectivity index (χ4v) is 1.14. The van der Waals surface area contributed by atoms with Gasteiger partial charge in [-0.1, -0.05) is 37.3 Å².